The largest absolute Gasteiger partial charge is 0.466 e. The zero-order chi connectivity index (χ0) is 27.0. The molecule has 0 aliphatic carbocycles. The second kappa shape index (κ2) is 12.5. The van der Waals surface area contributed by atoms with Crippen LogP contribution in [0, 0.1) is 5.92 Å². The number of hydrogen-bond acceptors (Lipinski definition) is 7. The van der Waals surface area contributed by atoms with Crippen LogP contribution in [-0.2, 0) is 40.4 Å². The number of ether oxygens (including phenoxy) is 3. The molecule has 3 aromatic rings. The summed E-state index contributed by atoms with van der Waals surface area (Å²) in [4.78, 5) is 25.9. The number of carbonyl (C=O) groups is 2. The Kier molecular flexibility index (Phi) is 8.93. The van der Waals surface area contributed by atoms with Crippen molar-refractivity contribution in [2.24, 2.45) is 5.92 Å². The molecule has 2 unspecified atom stereocenters. The smallest absolute Gasteiger partial charge is 0.340 e. The maximum absolute atomic E-state index is 13.6. The molecule has 3 atom stereocenters. The van der Waals surface area contributed by atoms with Crippen LogP contribution in [-0.4, -0.2) is 37.5 Å². The van der Waals surface area contributed by atoms with Crippen LogP contribution in [0.3, 0.4) is 0 Å². The third-order valence-corrected chi connectivity index (χ3v) is 7.73. The highest BCUT2D eigenvalue weighted by atomic mass is 32.2. The van der Waals surface area contributed by atoms with Crippen molar-refractivity contribution in [3.63, 3.8) is 0 Å². The predicted octanol–water partition coefficient (Wildman–Crippen LogP) is 4.60. The fraction of sp³-hybridized carbons (Fsp3) is 0.241. The number of carbonyl (C=O) groups excluding carboxylic acids is 2. The Morgan fingerprint density at radius 1 is 0.895 bits per heavy atom. The van der Waals surface area contributed by atoms with Gasteiger partial charge in [-0.1, -0.05) is 84.9 Å². The van der Waals surface area contributed by atoms with Gasteiger partial charge in [0.15, 0.2) is 6.10 Å². The van der Waals surface area contributed by atoms with E-state index in [9.17, 15) is 18.0 Å². The summed E-state index contributed by atoms with van der Waals surface area (Å²) in [6.45, 7) is 1.90. The van der Waals surface area contributed by atoms with E-state index in [1.807, 2.05) is 30.3 Å². The number of benzene rings is 3. The third kappa shape index (κ3) is 6.48. The van der Waals surface area contributed by atoms with Gasteiger partial charge in [-0.25, -0.2) is 17.5 Å². The molecule has 0 spiro atoms. The lowest BCUT2D eigenvalue weighted by Crippen LogP contribution is -2.44. The molecule has 8 nitrogen and oxygen atoms in total. The zero-order valence-electron chi connectivity index (χ0n) is 20.9. The third-order valence-electron chi connectivity index (χ3n) is 5.95. The van der Waals surface area contributed by atoms with Crippen LogP contribution < -0.4 is 0 Å². The average molecular weight is 536 g/mol. The Balaban J connectivity index is 1.65. The highest BCUT2D eigenvalue weighted by Crippen LogP contribution is 2.33. The Hall–Kier alpha value is -3.95. The maximum Gasteiger partial charge on any atom is 0.340 e. The topological polar surface area (TPSA) is 99.2 Å². The summed E-state index contributed by atoms with van der Waals surface area (Å²) in [5.41, 5.74) is 1.29. The summed E-state index contributed by atoms with van der Waals surface area (Å²) < 4.78 is 45.1. The van der Waals surface area contributed by atoms with E-state index >= 15 is 0 Å². The van der Waals surface area contributed by atoms with Crippen LogP contribution >= 0.6 is 0 Å². The van der Waals surface area contributed by atoms with Gasteiger partial charge >= 0.3 is 11.9 Å². The van der Waals surface area contributed by atoms with Gasteiger partial charge < -0.3 is 14.2 Å². The molecule has 38 heavy (non-hydrogen) atoms. The molecule has 1 aliphatic heterocycles. The monoisotopic (exact) mass is 535 g/mol. The lowest BCUT2D eigenvalue weighted by atomic mass is 10.0. The minimum absolute atomic E-state index is 0.0222. The fourth-order valence-electron chi connectivity index (χ4n) is 4.03. The first-order valence-corrected chi connectivity index (χ1v) is 13.7. The number of nitrogens with zero attached hydrogens (tertiary/aromatic N) is 1. The van der Waals surface area contributed by atoms with E-state index in [1.165, 1.54) is 24.4 Å². The van der Waals surface area contributed by atoms with E-state index < -0.39 is 40.2 Å². The molecule has 3 aromatic carbocycles. The molecule has 0 aromatic heterocycles. The molecule has 1 heterocycles. The molecule has 9 heteroatoms. The maximum atomic E-state index is 13.6. The van der Waals surface area contributed by atoms with Crippen molar-refractivity contribution in [2.75, 3.05) is 6.61 Å². The van der Waals surface area contributed by atoms with Gasteiger partial charge in [-0.15, -0.1) is 0 Å². The molecule has 1 aliphatic rings. The molecule has 0 bridgehead atoms. The molecule has 0 saturated carbocycles. The van der Waals surface area contributed by atoms with Crippen molar-refractivity contribution in [2.45, 2.75) is 37.2 Å². The van der Waals surface area contributed by atoms with Gasteiger partial charge in [-0.2, -0.15) is 0 Å². The Morgan fingerprint density at radius 3 is 2.13 bits per heavy atom. The lowest BCUT2D eigenvalue weighted by molar-refractivity contribution is -0.170. The second-order valence-electron chi connectivity index (χ2n) is 8.56. The van der Waals surface area contributed by atoms with E-state index in [0.717, 1.165) is 9.87 Å². The van der Waals surface area contributed by atoms with Gasteiger partial charge in [0.25, 0.3) is 10.0 Å². The molecular weight excluding hydrogens is 506 g/mol. The van der Waals surface area contributed by atoms with Gasteiger partial charge in [0.05, 0.1) is 17.4 Å². The summed E-state index contributed by atoms with van der Waals surface area (Å²) in [5.74, 6) is -1.93. The standard InChI is InChI=1S/C29H29NO7S/c1-2-35-28(31)24-18-19-30(38(33,34)25-16-10-5-11-17-25)26(20-24)37-27(23-14-8-4-9-15-23)29(32)36-21-22-12-6-3-7-13-22/h3-19,24,26-27H,2,20-21H2,1H3/t24?,26?,27-/m1/s1. The fourth-order valence-corrected chi connectivity index (χ4v) is 5.45. The van der Waals surface area contributed by atoms with Crippen molar-refractivity contribution in [3.05, 3.63) is 114 Å². The minimum atomic E-state index is -4.06. The van der Waals surface area contributed by atoms with Crippen molar-refractivity contribution in [3.8, 4) is 0 Å². The molecule has 0 fully saturated rings. The molecular formula is C29H29NO7S. The Morgan fingerprint density at radius 2 is 1.50 bits per heavy atom. The summed E-state index contributed by atoms with van der Waals surface area (Å²) in [7, 11) is -4.06. The number of rotatable bonds is 10. The summed E-state index contributed by atoms with van der Waals surface area (Å²) in [6.07, 6.45) is 0.303. The molecule has 0 saturated heterocycles. The van der Waals surface area contributed by atoms with Crippen molar-refractivity contribution < 1.29 is 32.2 Å². The van der Waals surface area contributed by atoms with E-state index in [0.29, 0.717) is 5.56 Å². The van der Waals surface area contributed by atoms with Crippen LogP contribution in [0.1, 0.15) is 30.6 Å². The van der Waals surface area contributed by atoms with Crippen molar-refractivity contribution in [1.82, 2.24) is 4.31 Å². The van der Waals surface area contributed by atoms with Crippen molar-refractivity contribution >= 4 is 22.0 Å². The van der Waals surface area contributed by atoms with Crippen LogP contribution in [0.4, 0.5) is 0 Å². The van der Waals surface area contributed by atoms with Crippen LogP contribution in [0.2, 0.25) is 0 Å². The normalized spacial score (nSPS) is 18.0. The van der Waals surface area contributed by atoms with Gasteiger partial charge in [0.2, 0.25) is 0 Å². The summed E-state index contributed by atoms with van der Waals surface area (Å²) >= 11 is 0. The highest BCUT2D eigenvalue weighted by molar-refractivity contribution is 7.89. The van der Waals surface area contributed by atoms with Crippen molar-refractivity contribution in [1.29, 1.82) is 0 Å². The zero-order valence-corrected chi connectivity index (χ0v) is 21.7. The quantitative estimate of drug-likeness (QED) is 0.350. The number of esters is 2. The second-order valence-corrected chi connectivity index (χ2v) is 10.4. The van der Waals surface area contributed by atoms with Gasteiger partial charge in [-0.3, -0.25) is 4.79 Å². The Labute approximate surface area is 222 Å². The van der Waals surface area contributed by atoms with E-state index in [-0.39, 0.29) is 24.5 Å². The first-order valence-electron chi connectivity index (χ1n) is 12.2. The van der Waals surface area contributed by atoms with Gasteiger partial charge in [0, 0.05) is 12.6 Å². The molecule has 198 valence electrons. The summed E-state index contributed by atoms with van der Waals surface area (Å²) in [5, 5.41) is 0. The minimum Gasteiger partial charge on any atom is -0.466 e. The average Bonchev–Trinajstić information content (AvgIpc) is 2.96. The summed E-state index contributed by atoms with van der Waals surface area (Å²) in [6, 6.07) is 25.8. The van der Waals surface area contributed by atoms with Crippen LogP contribution in [0.15, 0.2) is 108 Å². The molecule has 0 amide bonds. The number of sulfonamides is 1. The van der Waals surface area contributed by atoms with Gasteiger partial charge in [-0.05, 0) is 30.2 Å². The van der Waals surface area contributed by atoms with E-state index in [2.05, 4.69) is 0 Å². The van der Waals surface area contributed by atoms with Gasteiger partial charge in [0.1, 0.15) is 12.8 Å². The van der Waals surface area contributed by atoms with E-state index in [1.54, 1.807) is 55.5 Å². The lowest BCUT2D eigenvalue weighted by Gasteiger charge is -2.36. The first-order chi connectivity index (χ1) is 18.4. The number of hydrogen-bond donors (Lipinski definition) is 0. The first kappa shape index (κ1) is 27.1. The predicted molar refractivity (Wildman–Crippen MR) is 140 cm³/mol. The van der Waals surface area contributed by atoms with E-state index in [4.69, 9.17) is 14.2 Å². The van der Waals surface area contributed by atoms with Crippen LogP contribution in [0.25, 0.3) is 0 Å². The Bertz CT molecular complexity index is 1350. The SMILES string of the molecule is CCOC(=O)C1C=CN(S(=O)(=O)c2ccccc2)C(O[C@@H](C(=O)OCc2ccccc2)c2ccccc2)C1. The highest BCUT2D eigenvalue weighted by Gasteiger charge is 2.39. The molecule has 0 radical (unpaired) electrons. The molecule has 4 rings (SSSR count). The molecule has 0 N–H and O–H groups in total. The van der Waals surface area contributed by atoms with Crippen LogP contribution in [0.5, 0.6) is 0 Å².